The molecule has 26 heavy (non-hydrogen) atoms. The molecule has 7 heteroatoms. The van der Waals surface area contributed by atoms with Crippen molar-refractivity contribution in [3.8, 4) is 11.1 Å². The third-order valence-electron chi connectivity index (χ3n) is 3.86. The number of thiazole rings is 1. The second kappa shape index (κ2) is 7.15. The summed E-state index contributed by atoms with van der Waals surface area (Å²) in [4.78, 5) is 4.67. The van der Waals surface area contributed by atoms with Crippen LogP contribution in [0.5, 0.6) is 0 Å². The summed E-state index contributed by atoms with van der Waals surface area (Å²) in [5.41, 5.74) is 8.72. The van der Waals surface area contributed by atoms with E-state index in [1.807, 2.05) is 32.0 Å². The molecule has 0 amide bonds. The predicted octanol–water partition coefficient (Wildman–Crippen LogP) is 4.55. The average Bonchev–Trinajstić information content (AvgIpc) is 3.21. The fourth-order valence-electron chi connectivity index (χ4n) is 2.57. The first-order valence-electron chi connectivity index (χ1n) is 8.06. The molecular weight excluding hydrogens is 368 g/mol. The van der Waals surface area contributed by atoms with Crippen LogP contribution in [0, 0.1) is 0 Å². The normalized spacial score (nSPS) is 11.5. The van der Waals surface area contributed by atoms with E-state index >= 15 is 0 Å². The third kappa shape index (κ3) is 3.77. The highest BCUT2D eigenvalue weighted by Crippen LogP contribution is 2.29. The monoisotopic (exact) mass is 386 g/mol. The maximum Gasteiger partial charge on any atom is 0.235 e. The Bertz CT molecular complexity index is 1020. The fraction of sp³-hybridized carbons (Fsp3) is 0.211. The summed E-state index contributed by atoms with van der Waals surface area (Å²) in [6.45, 7) is 3.68. The molecule has 0 fully saturated rings. The van der Waals surface area contributed by atoms with Crippen LogP contribution in [0.2, 0.25) is 0 Å². The van der Waals surface area contributed by atoms with Gasteiger partial charge in [0, 0.05) is 0 Å². The molecule has 4 aromatic rings. The van der Waals surface area contributed by atoms with E-state index in [0.29, 0.717) is 18.2 Å². The number of hydrogen-bond donors (Lipinski definition) is 1. The molecule has 5 nitrogen and oxygen atoms in total. The van der Waals surface area contributed by atoms with E-state index in [-0.39, 0.29) is 12.4 Å². The summed E-state index contributed by atoms with van der Waals surface area (Å²) in [7, 11) is 0. The van der Waals surface area contributed by atoms with Crippen LogP contribution in [0.25, 0.3) is 21.3 Å². The van der Waals surface area contributed by atoms with Gasteiger partial charge in [0.1, 0.15) is 5.01 Å². The number of halogens is 1. The second-order valence-corrected chi connectivity index (χ2v) is 7.67. The van der Waals surface area contributed by atoms with Gasteiger partial charge in [-0.2, -0.15) is 0 Å². The first-order valence-corrected chi connectivity index (χ1v) is 8.87. The van der Waals surface area contributed by atoms with E-state index in [0.717, 1.165) is 15.2 Å². The van der Waals surface area contributed by atoms with Crippen LogP contribution in [0.1, 0.15) is 30.6 Å². The molecule has 0 aliphatic heterocycles. The van der Waals surface area contributed by atoms with Gasteiger partial charge in [-0.05, 0) is 37.1 Å². The fourth-order valence-corrected chi connectivity index (χ4v) is 3.57. The van der Waals surface area contributed by atoms with Crippen molar-refractivity contribution < 1.29 is 4.42 Å². The summed E-state index contributed by atoms with van der Waals surface area (Å²) in [5.74, 6) is 0.978. The zero-order valence-corrected chi connectivity index (χ0v) is 16.1. The largest absolute Gasteiger partial charge is 0.423 e. The number of nitrogens with two attached hydrogens (primary N) is 1. The van der Waals surface area contributed by atoms with Gasteiger partial charge >= 0.3 is 0 Å². The Balaban J connectivity index is 0.00000196. The minimum Gasteiger partial charge on any atom is -0.423 e. The third-order valence-corrected chi connectivity index (χ3v) is 4.88. The molecule has 2 aromatic carbocycles. The minimum absolute atomic E-state index is 0. The van der Waals surface area contributed by atoms with Crippen molar-refractivity contribution in [2.24, 2.45) is 5.73 Å². The van der Waals surface area contributed by atoms with E-state index in [4.69, 9.17) is 10.2 Å². The van der Waals surface area contributed by atoms with Crippen molar-refractivity contribution in [1.29, 1.82) is 0 Å². The second-order valence-electron chi connectivity index (χ2n) is 6.56. The van der Waals surface area contributed by atoms with Crippen molar-refractivity contribution in [3.05, 3.63) is 65.3 Å². The van der Waals surface area contributed by atoms with Crippen molar-refractivity contribution >= 4 is 34.0 Å². The van der Waals surface area contributed by atoms with Gasteiger partial charge in [-0.3, -0.25) is 0 Å². The molecular formula is C19H19ClN4OS. The molecule has 0 bridgehead atoms. The van der Waals surface area contributed by atoms with Crippen molar-refractivity contribution in [1.82, 2.24) is 15.2 Å². The molecule has 0 saturated heterocycles. The van der Waals surface area contributed by atoms with Crippen LogP contribution in [-0.2, 0) is 12.0 Å². The highest BCUT2D eigenvalue weighted by Gasteiger charge is 2.22. The molecule has 0 unspecified atom stereocenters. The first kappa shape index (κ1) is 18.5. The van der Waals surface area contributed by atoms with Crippen LogP contribution in [0.4, 0.5) is 0 Å². The smallest absolute Gasteiger partial charge is 0.235 e. The number of hydrogen-bond acceptors (Lipinski definition) is 6. The van der Waals surface area contributed by atoms with Crippen LogP contribution in [-0.4, -0.2) is 15.2 Å². The lowest BCUT2D eigenvalue weighted by atomic mass is 10.1. The van der Waals surface area contributed by atoms with Gasteiger partial charge in [-0.25, -0.2) is 4.98 Å². The Morgan fingerprint density at radius 3 is 2.50 bits per heavy atom. The molecule has 2 aromatic heterocycles. The maximum absolute atomic E-state index is 5.99. The highest BCUT2D eigenvalue weighted by atomic mass is 35.5. The van der Waals surface area contributed by atoms with Gasteiger partial charge in [0.25, 0.3) is 0 Å². The van der Waals surface area contributed by atoms with Gasteiger partial charge < -0.3 is 10.2 Å². The molecule has 134 valence electrons. The summed E-state index contributed by atoms with van der Waals surface area (Å²) < 4.78 is 6.81. The number of rotatable bonds is 4. The topological polar surface area (TPSA) is 77.8 Å². The molecule has 2 heterocycles. The summed E-state index contributed by atoms with van der Waals surface area (Å²) in [6.07, 6.45) is 0.517. The average molecular weight is 387 g/mol. The molecule has 0 spiro atoms. The van der Waals surface area contributed by atoms with Crippen LogP contribution >= 0.6 is 23.7 Å². The lowest BCUT2D eigenvalue weighted by molar-refractivity contribution is 0.362. The molecule has 2 N–H and O–H groups in total. The number of benzene rings is 2. The van der Waals surface area contributed by atoms with Crippen LogP contribution in [0.3, 0.4) is 0 Å². The van der Waals surface area contributed by atoms with Crippen molar-refractivity contribution in [3.63, 3.8) is 0 Å². The van der Waals surface area contributed by atoms with E-state index in [9.17, 15) is 0 Å². The van der Waals surface area contributed by atoms with Gasteiger partial charge in [0.15, 0.2) is 0 Å². The zero-order chi connectivity index (χ0) is 17.4. The summed E-state index contributed by atoms with van der Waals surface area (Å²) in [5, 5.41) is 9.06. The number of nitrogens with zero attached hydrogens (tertiary/aromatic N) is 3. The lowest BCUT2D eigenvalue weighted by Crippen LogP contribution is -2.29. The molecule has 4 rings (SSSR count). The molecule has 0 atom stereocenters. The van der Waals surface area contributed by atoms with Gasteiger partial charge in [-0.1, -0.05) is 36.4 Å². The molecule has 0 saturated carbocycles. The van der Waals surface area contributed by atoms with Gasteiger partial charge in [0.2, 0.25) is 11.8 Å². The summed E-state index contributed by atoms with van der Waals surface area (Å²) >= 11 is 1.65. The maximum atomic E-state index is 5.99. The quantitative estimate of drug-likeness (QED) is 0.556. The summed E-state index contributed by atoms with van der Waals surface area (Å²) in [6, 6.07) is 16.7. The van der Waals surface area contributed by atoms with Gasteiger partial charge in [0.05, 0.1) is 22.2 Å². The Morgan fingerprint density at radius 2 is 1.81 bits per heavy atom. The Hall–Kier alpha value is -2.28. The van der Waals surface area contributed by atoms with E-state index in [1.165, 1.54) is 11.1 Å². The SMILES string of the molecule is CC(C)(N)c1nnc(Cc2nc3ccc(-c4ccccc4)cc3s2)o1.Cl. The van der Waals surface area contributed by atoms with Crippen LogP contribution in [0.15, 0.2) is 52.9 Å². The lowest BCUT2D eigenvalue weighted by Gasteiger charge is -2.11. The predicted molar refractivity (Wildman–Crippen MR) is 107 cm³/mol. The molecule has 0 aliphatic carbocycles. The van der Waals surface area contributed by atoms with Gasteiger partial charge in [-0.15, -0.1) is 33.9 Å². The van der Waals surface area contributed by atoms with Crippen LogP contribution < -0.4 is 5.73 Å². The Morgan fingerprint density at radius 1 is 1.04 bits per heavy atom. The number of fused-ring (bicyclic) bond motifs is 1. The number of aromatic nitrogens is 3. The molecule has 0 aliphatic rings. The van der Waals surface area contributed by atoms with E-state index in [2.05, 4.69) is 45.5 Å². The highest BCUT2D eigenvalue weighted by molar-refractivity contribution is 7.18. The Labute approximate surface area is 161 Å². The minimum atomic E-state index is -0.635. The van der Waals surface area contributed by atoms with E-state index in [1.54, 1.807) is 11.3 Å². The first-order chi connectivity index (χ1) is 12.0. The molecule has 0 radical (unpaired) electrons. The van der Waals surface area contributed by atoms with E-state index < -0.39 is 5.54 Å². The van der Waals surface area contributed by atoms with Crippen molar-refractivity contribution in [2.45, 2.75) is 25.8 Å². The Kier molecular flexibility index (Phi) is 5.09. The standard InChI is InChI=1S/C19H18N4OS.ClH/c1-19(2,20)18-23-22-16(24-18)11-17-21-14-9-8-13(10-15(14)25-17)12-6-4-3-5-7-12;/h3-10H,11,20H2,1-2H3;1H. The zero-order valence-electron chi connectivity index (χ0n) is 14.5. The van der Waals surface area contributed by atoms with Crippen molar-refractivity contribution in [2.75, 3.05) is 0 Å².